The normalized spacial score (nSPS) is 11.1. The third-order valence-electron chi connectivity index (χ3n) is 2.67. The van der Waals surface area contributed by atoms with Crippen LogP contribution in [0, 0.1) is 0 Å². The van der Waals surface area contributed by atoms with Crippen LogP contribution in [0.15, 0.2) is 0 Å². The zero-order valence-electron chi connectivity index (χ0n) is 11.0. The fraction of sp³-hybridized carbons (Fsp3) is 0.818. The van der Waals surface area contributed by atoms with Crippen LogP contribution in [0.25, 0.3) is 0 Å². The predicted molar refractivity (Wildman–Crippen MR) is 65.9 cm³/mol. The average Bonchev–Trinajstić information content (AvgIpc) is 2.73. The summed E-state index contributed by atoms with van der Waals surface area (Å²) in [4.78, 5) is 12.5. The van der Waals surface area contributed by atoms with Crippen molar-refractivity contribution in [3.8, 4) is 0 Å². The summed E-state index contributed by atoms with van der Waals surface area (Å²) in [6.07, 6.45) is 3.00. The minimum absolute atomic E-state index is 0.200. The molecule has 0 saturated carbocycles. The lowest BCUT2D eigenvalue weighted by molar-refractivity contribution is -0.137. The van der Waals surface area contributed by atoms with Crippen molar-refractivity contribution in [2.75, 3.05) is 13.6 Å². The van der Waals surface area contributed by atoms with E-state index in [9.17, 15) is 4.79 Å². The highest BCUT2D eigenvalue weighted by Gasteiger charge is 2.09. The van der Waals surface area contributed by atoms with Gasteiger partial charge in [-0.05, 0) is 36.9 Å². The fourth-order valence-electron chi connectivity index (χ4n) is 1.64. The Labute approximate surface area is 107 Å². The van der Waals surface area contributed by atoms with E-state index in [0.29, 0.717) is 13.0 Å². The summed E-state index contributed by atoms with van der Waals surface area (Å²) < 4.78 is 1.82. The molecule has 7 heteroatoms. The standard InChI is InChI=1S/C11H21N5O2/c1-3-4-8-16-10(12-13-14-16)9-15(2)7-5-6-11(17)18/h3-9H2,1-2H3,(H,17,18). The highest BCUT2D eigenvalue weighted by atomic mass is 16.4. The van der Waals surface area contributed by atoms with Gasteiger partial charge in [0.05, 0.1) is 6.54 Å². The summed E-state index contributed by atoms with van der Waals surface area (Å²) >= 11 is 0. The molecule has 0 amide bonds. The molecule has 0 aromatic carbocycles. The van der Waals surface area contributed by atoms with E-state index in [1.54, 1.807) is 0 Å². The van der Waals surface area contributed by atoms with E-state index in [1.165, 1.54) is 0 Å². The summed E-state index contributed by atoms with van der Waals surface area (Å²) in [5.74, 6) is 0.0810. The molecule has 0 aliphatic rings. The van der Waals surface area contributed by atoms with Crippen molar-refractivity contribution in [1.82, 2.24) is 25.1 Å². The van der Waals surface area contributed by atoms with E-state index in [4.69, 9.17) is 5.11 Å². The maximum Gasteiger partial charge on any atom is 0.303 e. The lowest BCUT2D eigenvalue weighted by Gasteiger charge is -2.15. The molecule has 1 aromatic heterocycles. The first-order valence-electron chi connectivity index (χ1n) is 6.29. The number of rotatable bonds is 9. The maximum atomic E-state index is 10.4. The summed E-state index contributed by atoms with van der Waals surface area (Å²) in [6.45, 7) is 4.34. The summed E-state index contributed by atoms with van der Waals surface area (Å²) in [7, 11) is 1.95. The minimum Gasteiger partial charge on any atom is -0.481 e. The Balaban J connectivity index is 2.36. The van der Waals surface area contributed by atoms with Crippen LogP contribution in [-0.2, 0) is 17.9 Å². The molecular formula is C11H21N5O2. The molecule has 1 heterocycles. The van der Waals surface area contributed by atoms with Crippen molar-refractivity contribution in [2.24, 2.45) is 0 Å². The van der Waals surface area contributed by atoms with E-state index in [0.717, 1.165) is 31.8 Å². The summed E-state index contributed by atoms with van der Waals surface area (Å²) in [5, 5.41) is 20.2. The summed E-state index contributed by atoms with van der Waals surface area (Å²) in [6, 6.07) is 0. The van der Waals surface area contributed by atoms with Gasteiger partial charge in [-0.3, -0.25) is 9.69 Å². The number of unbranched alkanes of at least 4 members (excludes halogenated alkanes) is 1. The smallest absolute Gasteiger partial charge is 0.303 e. The van der Waals surface area contributed by atoms with Crippen molar-refractivity contribution in [3.05, 3.63) is 5.82 Å². The molecule has 0 spiro atoms. The number of carboxylic acid groups (broad SMARTS) is 1. The van der Waals surface area contributed by atoms with Crippen LogP contribution in [0.3, 0.4) is 0 Å². The Morgan fingerprint density at radius 2 is 2.22 bits per heavy atom. The zero-order chi connectivity index (χ0) is 13.4. The lowest BCUT2D eigenvalue weighted by atomic mass is 10.3. The quantitative estimate of drug-likeness (QED) is 0.701. The largest absolute Gasteiger partial charge is 0.481 e. The Hall–Kier alpha value is -1.50. The molecule has 1 N–H and O–H groups in total. The van der Waals surface area contributed by atoms with Crippen molar-refractivity contribution >= 4 is 5.97 Å². The van der Waals surface area contributed by atoms with Crippen LogP contribution >= 0.6 is 0 Å². The first-order chi connectivity index (χ1) is 8.63. The van der Waals surface area contributed by atoms with Crippen LogP contribution in [-0.4, -0.2) is 49.8 Å². The zero-order valence-corrected chi connectivity index (χ0v) is 11.0. The molecule has 0 unspecified atom stereocenters. The number of nitrogens with zero attached hydrogens (tertiary/aromatic N) is 5. The number of aliphatic carboxylic acids is 1. The Morgan fingerprint density at radius 3 is 2.89 bits per heavy atom. The number of aryl methyl sites for hydroxylation is 1. The van der Waals surface area contributed by atoms with Crippen molar-refractivity contribution in [2.45, 2.75) is 45.7 Å². The van der Waals surface area contributed by atoms with Crippen LogP contribution in [0.2, 0.25) is 0 Å². The van der Waals surface area contributed by atoms with E-state index >= 15 is 0 Å². The average molecular weight is 255 g/mol. The van der Waals surface area contributed by atoms with Gasteiger partial charge >= 0.3 is 5.97 Å². The Bertz CT molecular complexity index is 366. The van der Waals surface area contributed by atoms with E-state index in [2.05, 4.69) is 22.4 Å². The third kappa shape index (κ3) is 5.22. The Morgan fingerprint density at radius 1 is 1.44 bits per heavy atom. The van der Waals surface area contributed by atoms with E-state index < -0.39 is 5.97 Å². The van der Waals surface area contributed by atoms with Crippen LogP contribution in [0.5, 0.6) is 0 Å². The van der Waals surface area contributed by atoms with Gasteiger partial charge in [0, 0.05) is 13.0 Å². The van der Waals surface area contributed by atoms with Crippen LogP contribution < -0.4 is 0 Å². The summed E-state index contributed by atoms with van der Waals surface area (Å²) in [5.41, 5.74) is 0. The van der Waals surface area contributed by atoms with E-state index in [-0.39, 0.29) is 6.42 Å². The number of tetrazole rings is 1. The van der Waals surface area contributed by atoms with Gasteiger partial charge in [-0.25, -0.2) is 4.68 Å². The second-order valence-corrected chi connectivity index (χ2v) is 4.41. The molecule has 0 bridgehead atoms. The second-order valence-electron chi connectivity index (χ2n) is 4.41. The lowest BCUT2D eigenvalue weighted by Crippen LogP contribution is -2.22. The molecule has 1 rings (SSSR count). The number of hydrogen-bond donors (Lipinski definition) is 1. The molecule has 0 atom stereocenters. The molecule has 1 aromatic rings. The molecule has 0 aliphatic heterocycles. The van der Waals surface area contributed by atoms with Gasteiger partial charge in [0.25, 0.3) is 0 Å². The van der Waals surface area contributed by atoms with Gasteiger partial charge in [0.1, 0.15) is 0 Å². The molecule has 7 nitrogen and oxygen atoms in total. The van der Waals surface area contributed by atoms with Gasteiger partial charge in [0.2, 0.25) is 0 Å². The first kappa shape index (κ1) is 14.6. The van der Waals surface area contributed by atoms with E-state index in [1.807, 2.05) is 16.6 Å². The molecule has 0 fully saturated rings. The molecule has 0 saturated heterocycles. The topological polar surface area (TPSA) is 84.1 Å². The molecule has 102 valence electrons. The second kappa shape index (κ2) is 7.75. The van der Waals surface area contributed by atoms with Gasteiger partial charge in [-0.2, -0.15) is 0 Å². The number of carboxylic acids is 1. The first-order valence-corrected chi connectivity index (χ1v) is 6.29. The van der Waals surface area contributed by atoms with Gasteiger partial charge in [-0.1, -0.05) is 13.3 Å². The third-order valence-corrected chi connectivity index (χ3v) is 2.67. The van der Waals surface area contributed by atoms with Crippen LogP contribution in [0.1, 0.15) is 38.4 Å². The molecular weight excluding hydrogens is 234 g/mol. The highest BCUT2D eigenvalue weighted by molar-refractivity contribution is 5.66. The van der Waals surface area contributed by atoms with Gasteiger partial charge in [-0.15, -0.1) is 5.10 Å². The number of hydrogen-bond acceptors (Lipinski definition) is 5. The number of carbonyl (C=O) groups is 1. The van der Waals surface area contributed by atoms with Gasteiger partial charge in [0.15, 0.2) is 5.82 Å². The van der Waals surface area contributed by atoms with Crippen molar-refractivity contribution in [1.29, 1.82) is 0 Å². The minimum atomic E-state index is -0.754. The predicted octanol–water partition coefficient (Wildman–Crippen LogP) is 0.770. The van der Waals surface area contributed by atoms with Crippen LogP contribution in [0.4, 0.5) is 0 Å². The SMILES string of the molecule is CCCCn1nnnc1CN(C)CCCC(=O)O. The monoisotopic (exact) mass is 255 g/mol. The van der Waals surface area contributed by atoms with Gasteiger partial charge < -0.3 is 5.11 Å². The Kier molecular flexibility index (Phi) is 6.27. The molecule has 0 radical (unpaired) electrons. The number of aromatic nitrogens is 4. The fourth-order valence-corrected chi connectivity index (χ4v) is 1.64. The molecule has 18 heavy (non-hydrogen) atoms. The van der Waals surface area contributed by atoms with Crippen molar-refractivity contribution < 1.29 is 9.90 Å². The maximum absolute atomic E-state index is 10.4. The van der Waals surface area contributed by atoms with Crippen molar-refractivity contribution in [3.63, 3.8) is 0 Å². The highest BCUT2D eigenvalue weighted by Crippen LogP contribution is 2.02. The molecule has 0 aliphatic carbocycles.